The first-order valence-electron chi connectivity index (χ1n) is 6.50. The minimum Gasteiger partial charge on any atom is -0.387 e. The van der Waals surface area contributed by atoms with E-state index < -0.39 is 6.10 Å². The topological polar surface area (TPSA) is 61.4 Å². The highest BCUT2D eigenvalue weighted by Gasteiger charge is 2.16. The van der Waals surface area contributed by atoms with Crippen molar-refractivity contribution in [3.8, 4) is 0 Å². The monoisotopic (exact) mass is 268 g/mol. The van der Waals surface area contributed by atoms with Gasteiger partial charge in [-0.05, 0) is 35.2 Å². The van der Waals surface area contributed by atoms with E-state index in [1.807, 2.05) is 16.8 Å². The van der Waals surface area contributed by atoms with Gasteiger partial charge in [-0.2, -0.15) is 11.3 Å². The number of carbonyl (C=O) groups excluding carboxylic acids is 1. The first kappa shape index (κ1) is 13.4. The van der Waals surface area contributed by atoms with Gasteiger partial charge in [-0.15, -0.1) is 0 Å². The Hall–Kier alpha value is -1.07. The van der Waals surface area contributed by atoms with Crippen molar-refractivity contribution in [3.63, 3.8) is 0 Å². The summed E-state index contributed by atoms with van der Waals surface area (Å²) in [5, 5.41) is 19.3. The third-order valence-corrected chi connectivity index (χ3v) is 4.03. The molecule has 1 heterocycles. The van der Waals surface area contributed by atoms with Crippen molar-refractivity contribution in [3.05, 3.63) is 22.4 Å². The van der Waals surface area contributed by atoms with Crippen molar-refractivity contribution >= 4 is 17.4 Å². The van der Waals surface area contributed by atoms with Crippen molar-refractivity contribution in [1.82, 2.24) is 10.6 Å². The number of nitrogens with one attached hydrogen (secondary N) is 2. The molecule has 1 aliphatic carbocycles. The first-order chi connectivity index (χ1) is 8.75. The molecule has 2 rings (SSSR count). The fourth-order valence-electron chi connectivity index (χ4n) is 2.26. The Morgan fingerprint density at radius 3 is 2.89 bits per heavy atom. The second kappa shape index (κ2) is 6.75. The molecule has 18 heavy (non-hydrogen) atoms. The fraction of sp³-hybridized carbons (Fsp3) is 0.615. The summed E-state index contributed by atoms with van der Waals surface area (Å²) in [7, 11) is 0. The second-order valence-electron chi connectivity index (χ2n) is 4.76. The number of amides is 2. The van der Waals surface area contributed by atoms with Crippen LogP contribution in [0.5, 0.6) is 0 Å². The summed E-state index contributed by atoms with van der Waals surface area (Å²) in [6, 6.07) is 2.00. The van der Waals surface area contributed by atoms with E-state index in [2.05, 4.69) is 10.6 Å². The molecule has 0 saturated heterocycles. The molecule has 1 aromatic heterocycles. The molecule has 1 aromatic rings. The van der Waals surface area contributed by atoms with E-state index in [1.165, 1.54) is 19.3 Å². The summed E-state index contributed by atoms with van der Waals surface area (Å²) in [4.78, 5) is 11.7. The SMILES string of the molecule is O=C(NC[C@H](O)c1ccsc1)NC1CCCCC1. The summed E-state index contributed by atoms with van der Waals surface area (Å²) in [5.74, 6) is 0. The van der Waals surface area contributed by atoms with E-state index >= 15 is 0 Å². The van der Waals surface area contributed by atoms with Crippen LogP contribution in [0.2, 0.25) is 0 Å². The van der Waals surface area contributed by atoms with Crippen LogP contribution in [0.1, 0.15) is 43.8 Å². The van der Waals surface area contributed by atoms with E-state index in [9.17, 15) is 9.90 Å². The second-order valence-corrected chi connectivity index (χ2v) is 5.54. The van der Waals surface area contributed by atoms with E-state index in [0.29, 0.717) is 6.04 Å². The molecule has 1 fully saturated rings. The highest BCUT2D eigenvalue weighted by Crippen LogP contribution is 2.17. The van der Waals surface area contributed by atoms with Crippen LogP contribution in [0.25, 0.3) is 0 Å². The minimum absolute atomic E-state index is 0.170. The van der Waals surface area contributed by atoms with Crippen LogP contribution in [-0.2, 0) is 0 Å². The molecule has 0 unspecified atom stereocenters. The van der Waals surface area contributed by atoms with Crippen LogP contribution in [-0.4, -0.2) is 23.7 Å². The smallest absolute Gasteiger partial charge is 0.315 e. The highest BCUT2D eigenvalue weighted by atomic mass is 32.1. The molecule has 100 valence electrons. The molecule has 3 N–H and O–H groups in total. The van der Waals surface area contributed by atoms with Crippen LogP contribution in [0, 0.1) is 0 Å². The van der Waals surface area contributed by atoms with E-state index in [-0.39, 0.29) is 12.6 Å². The molecular weight excluding hydrogens is 248 g/mol. The lowest BCUT2D eigenvalue weighted by atomic mass is 9.96. The van der Waals surface area contributed by atoms with Crippen molar-refractivity contribution in [2.45, 2.75) is 44.2 Å². The van der Waals surface area contributed by atoms with Crippen LogP contribution in [0.15, 0.2) is 16.8 Å². The third kappa shape index (κ3) is 3.99. The van der Waals surface area contributed by atoms with Gasteiger partial charge in [0.15, 0.2) is 0 Å². The summed E-state index contributed by atoms with van der Waals surface area (Å²) in [6.07, 6.45) is 5.19. The predicted octanol–water partition coefficient (Wildman–Crippen LogP) is 2.41. The average molecular weight is 268 g/mol. The maximum atomic E-state index is 11.7. The maximum Gasteiger partial charge on any atom is 0.315 e. The van der Waals surface area contributed by atoms with Gasteiger partial charge in [-0.1, -0.05) is 19.3 Å². The molecule has 0 radical (unpaired) electrons. The highest BCUT2D eigenvalue weighted by molar-refractivity contribution is 7.07. The Balaban J connectivity index is 1.68. The summed E-state index contributed by atoms with van der Waals surface area (Å²) in [5.41, 5.74) is 0.859. The van der Waals surface area contributed by atoms with Gasteiger partial charge in [0.2, 0.25) is 0 Å². The van der Waals surface area contributed by atoms with E-state index in [4.69, 9.17) is 0 Å². The predicted molar refractivity (Wildman–Crippen MR) is 72.7 cm³/mol. The first-order valence-corrected chi connectivity index (χ1v) is 7.44. The van der Waals surface area contributed by atoms with Gasteiger partial charge in [0, 0.05) is 12.6 Å². The number of aliphatic hydroxyl groups excluding tert-OH is 1. The number of thiophene rings is 1. The lowest BCUT2D eigenvalue weighted by Crippen LogP contribution is -2.44. The van der Waals surface area contributed by atoms with Gasteiger partial charge < -0.3 is 15.7 Å². The maximum absolute atomic E-state index is 11.7. The van der Waals surface area contributed by atoms with Gasteiger partial charge in [0.1, 0.15) is 0 Å². The van der Waals surface area contributed by atoms with Gasteiger partial charge in [0.25, 0.3) is 0 Å². The average Bonchev–Trinajstić information content (AvgIpc) is 2.91. The number of hydrogen-bond acceptors (Lipinski definition) is 3. The molecule has 1 atom stereocenters. The lowest BCUT2D eigenvalue weighted by Gasteiger charge is -2.23. The van der Waals surface area contributed by atoms with Crippen molar-refractivity contribution < 1.29 is 9.90 Å². The Bertz CT molecular complexity index is 361. The zero-order valence-corrected chi connectivity index (χ0v) is 11.2. The van der Waals surface area contributed by atoms with Crippen molar-refractivity contribution in [2.24, 2.45) is 0 Å². The van der Waals surface area contributed by atoms with Gasteiger partial charge in [-0.25, -0.2) is 4.79 Å². The molecule has 0 bridgehead atoms. The molecule has 0 aliphatic heterocycles. The Kier molecular flexibility index (Phi) is 5.01. The molecule has 1 saturated carbocycles. The number of rotatable bonds is 4. The van der Waals surface area contributed by atoms with Crippen LogP contribution in [0.4, 0.5) is 4.79 Å². The molecule has 5 heteroatoms. The summed E-state index contributed by atoms with van der Waals surface area (Å²) < 4.78 is 0. The molecule has 4 nitrogen and oxygen atoms in total. The quantitative estimate of drug-likeness (QED) is 0.785. The Morgan fingerprint density at radius 2 is 2.22 bits per heavy atom. The molecule has 2 amide bonds. The minimum atomic E-state index is -0.617. The van der Waals surface area contributed by atoms with Crippen LogP contribution >= 0.6 is 11.3 Å². The number of hydrogen-bond donors (Lipinski definition) is 3. The van der Waals surface area contributed by atoms with E-state index in [1.54, 1.807) is 11.3 Å². The van der Waals surface area contributed by atoms with Gasteiger partial charge in [0.05, 0.1) is 6.10 Å². The van der Waals surface area contributed by atoms with Crippen LogP contribution in [0.3, 0.4) is 0 Å². The fourth-order valence-corrected chi connectivity index (χ4v) is 2.96. The molecule has 0 aromatic carbocycles. The van der Waals surface area contributed by atoms with Crippen molar-refractivity contribution in [2.75, 3.05) is 6.54 Å². The molecular formula is C13H20N2O2S. The number of urea groups is 1. The zero-order valence-electron chi connectivity index (χ0n) is 10.4. The van der Waals surface area contributed by atoms with Crippen LogP contribution < -0.4 is 10.6 Å². The normalized spacial score (nSPS) is 18.3. The number of carbonyl (C=O) groups is 1. The summed E-state index contributed by atoms with van der Waals surface area (Å²) >= 11 is 1.54. The van der Waals surface area contributed by atoms with Gasteiger partial charge in [-0.3, -0.25) is 0 Å². The molecule has 1 aliphatic rings. The summed E-state index contributed by atoms with van der Waals surface area (Å²) in [6.45, 7) is 0.259. The Morgan fingerprint density at radius 1 is 1.44 bits per heavy atom. The largest absolute Gasteiger partial charge is 0.387 e. The lowest BCUT2D eigenvalue weighted by molar-refractivity contribution is 0.172. The Labute approximate surface area is 111 Å². The van der Waals surface area contributed by atoms with E-state index in [0.717, 1.165) is 18.4 Å². The van der Waals surface area contributed by atoms with Gasteiger partial charge >= 0.3 is 6.03 Å². The molecule has 0 spiro atoms. The standard InChI is InChI=1S/C13H20N2O2S/c16-12(10-6-7-18-9-10)8-14-13(17)15-11-4-2-1-3-5-11/h6-7,9,11-12,16H,1-5,8H2,(H2,14,15,17)/t12-/m0/s1. The van der Waals surface area contributed by atoms with Crippen molar-refractivity contribution in [1.29, 1.82) is 0 Å². The third-order valence-electron chi connectivity index (χ3n) is 3.32. The zero-order chi connectivity index (χ0) is 12.8. The number of aliphatic hydroxyl groups is 1.